The molecular formula is C12H20N4O2. The van der Waals surface area contributed by atoms with Gasteiger partial charge in [-0.25, -0.2) is 4.68 Å². The van der Waals surface area contributed by atoms with E-state index in [-0.39, 0.29) is 11.7 Å². The van der Waals surface area contributed by atoms with Gasteiger partial charge in [0.05, 0.1) is 18.0 Å². The molecule has 0 bridgehead atoms. The summed E-state index contributed by atoms with van der Waals surface area (Å²) in [5, 5.41) is 4.18. The lowest BCUT2D eigenvalue weighted by Gasteiger charge is -2.18. The molecule has 1 fully saturated rings. The molecule has 1 unspecified atom stereocenters. The van der Waals surface area contributed by atoms with Gasteiger partial charge in [-0.2, -0.15) is 5.10 Å². The highest BCUT2D eigenvalue weighted by molar-refractivity contribution is 5.44. The molecule has 1 saturated heterocycles. The Balaban J connectivity index is 2.07. The van der Waals surface area contributed by atoms with Crippen LogP contribution >= 0.6 is 0 Å². The minimum absolute atomic E-state index is 0.0678. The molecule has 0 amide bonds. The maximum absolute atomic E-state index is 11.9. The Labute approximate surface area is 106 Å². The molecule has 0 spiro atoms. The number of nitrogens with zero attached hydrogens (tertiary/aromatic N) is 3. The molecule has 1 aromatic rings. The molecule has 2 rings (SSSR count). The van der Waals surface area contributed by atoms with E-state index in [0.717, 1.165) is 31.6 Å². The topological polar surface area (TPSA) is 73.4 Å². The summed E-state index contributed by atoms with van der Waals surface area (Å²) >= 11 is 0. The van der Waals surface area contributed by atoms with Gasteiger partial charge in [0.15, 0.2) is 0 Å². The molecule has 2 N–H and O–H groups in total. The van der Waals surface area contributed by atoms with Crippen molar-refractivity contribution >= 4 is 5.69 Å². The Hall–Kier alpha value is -1.40. The number of aryl methyl sites for hydroxylation is 1. The molecule has 18 heavy (non-hydrogen) atoms. The van der Waals surface area contributed by atoms with E-state index in [2.05, 4.69) is 10.00 Å². The van der Waals surface area contributed by atoms with Crippen molar-refractivity contribution in [1.82, 2.24) is 9.78 Å². The second-order valence-corrected chi connectivity index (χ2v) is 4.51. The van der Waals surface area contributed by atoms with Gasteiger partial charge in [-0.1, -0.05) is 0 Å². The van der Waals surface area contributed by atoms with Crippen molar-refractivity contribution in [3.05, 3.63) is 22.6 Å². The number of nitrogens with two attached hydrogens (primary N) is 1. The van der Waals surface area contributed by atoms with E-state index in [1.165, 1.54) is 4.68 Å². The van der Waals surface area contributed by atoms with Gasteiger partial charge in [-0.05, 0) is 19.4 Å². The van der Waals surface area contributed by atoms with E-state index in [0.29, 0.717) is 13.1 Å². The van der Waals surface area contributed by atoms with Crippen LogP contribution in [0.5, 0.6) is 0 Å². The molecule has 6 nitrogen and oxygen atoms in total. The number of rotatable bonds is 5. The van der Waals surface area contributed by atoms with Gasteiger partial charge in [0.25, 0.3) is 5.56 Å². The van der Waals surface area contributed by atoms with Crippen LogP contribution in [-0.2, 0) is 11.3 Å². The van der Waals surface area contributed by atoms with E-state index in [1.807, 2.05) is 0 Å². The van der Waals surface area contributed by atoms with Crippen molar-refractivity contribution in [1.29, 1.82) is 0 Å². The second kappa shape index (κ2) is 5.97. The minimum Gasteiger partial charge on any atom is -0.380 e. The number of aromatic nitrogens is 2. The van der Waals surface area contributed by atoms with Gasteiger partial charge in [0, 0.05) is 32.8 Å². The van der Waals surface area contributed by atoms with Crippen molar-refractivity contribution in [2.24, 2.45) is 5.73 Å². The first-order valence-electron chi connectivity index (χ1n) is 6.29. The molecular weight excluding hydrogens is 232 g/mol. The summed E-state index contributed by atoms with van der Waals surface area (Å²) in [5.74, 6) is 0. The Morgan fingerprint density at radius 3 is 3.06 bits per heavy atom. The lowest BCUT2D eigenvalue weighted by molar-refractivity contribution is 0.121. The summed E-state index contributed by atoms with van der Waals surface area (Å²) in [6.45, 7) is 2.88. The highest BCUT2D eigenvalue weighted by atomic mass is 16.5. The summed E-state index contributed by atoms with van der Waals surface area (Å²) in [4.78, 5) is 14.0. The number of methoxy groups -OCH3 is 1. The molecule has 1 atom stereocenters. The van der Waals surface area contributed by atoms with E-state index in [4.69, 9.17) is 10.5 Å². The number of hydrogen-bond acceptors (Lipinski definition) is 5. The molecule has 6 heteroatoms. The molecule has 0 aromatic carbocycles. The average Bonchev–Trinajstić information content (AvgIpc) is 2.86. The zero-order valence-corrected chi connectivity index (χ0v) is 10.7. The zero-order chi connectivity index (χ0) is 13.0. The first-order chi connectivity index (χ1) is 8.74. The zero-order valence-electron chi connectivity index (χ0n) is 10.7. The third-order valence-electron chi connectivity index (χ3n) is 3.27. The largest absolute Gasteiger partial charge is 0.380 e. The van der Waals surface area contributed by atoms with Gasteiger partial charge in [0.2, 0.25) is 0 Å². The lowest BCUT2D eigenvalue weighted by Crippen LogP contribution is -2.28. The van der Waals surface area contributed by atoms with Gasteiger partial charge >= 0.3 is 0 Å². The fourth-order valence-electron chi connectivity index (χ4n) is 2.16. The fourth-order valence-corrected chi connectivity index (χ4v) is 2.16. The van der Waals surface area contributed by atoms with Crippen LogP contribution in [0.3, 0.4) is 0 Å². The SMILES string of the molecule is COC1CCN(c2cnn(CCCN)c(=O)c2)C1. The Morgan fingerprint density at radius 1 is 1.61 bits per heavy atom. The van der Waals surface area contributed by atoms with Gasteiger partial charge in [0.1, 0.15) is 0 Å². The number of hydrogen-bond donors (Lipinski definition) is 1. The van der Waals surface area contributed by atoms with Crippen molar-refractivity contribution in [2.75, 3.05) is 31.6 Å². The predicted octanol–water partition coefficient (Wildman–Crippen LogP) is -0.183. The number of ether oxygens (including phenoxy) is 1. The van der Waals surface area contributed by atoms with Gasteiger partial charge in [-0.3, -0.25) is 4.79 Å². The normalized spacial score (nSPS) is 19.4. The summed E-state index contributed by atoms with van der Waals surface area (Å²) in [6, 6.07) is 1.64. The van der Waals surface area contributed by atoms with Crippen LogP contribution in [0.15, 0.2) is 17.1 Å². The molecule has 0 saturated carbocycles. The molecule has 0 aliphatic carbocycles. The van der Waals surface area contributed by atoms with Gasteiger partial charge in [-0.15, -0.1) is 0 Å². The van der Waals surface area contributed by atoms with Crippen LogP contribution in [0.1, 0.15) is 12.8 Å². The fraction of sp³-hybridized carbons (Fsp3) is 0.667. The Morgan fingerprint density at radius 2 is 2.44 bits per heavy atom. The molecule has 1 aromatic heterocycles. The van der Waals surface area contributed by atoms with E-state index in [9.17, 15) is 4.79 Å². The monoisotopic (exact) mass is 252 g/mol. The second-order valence-electron chi connectivity index (χ2n) is 4.51. The molecule has 1 aliphatic heterocycles. The maximum atomic E-state index is 11.9. The van der Waals surface area contributed by atoms with Crippen LogP contribution in [0.2, 0.25) is 0 Å². The molecule has 1 aliphatic rings. The van der Waals surface area contributed by atoms with Crippen LogP contribution < -0.4 is 16.2 Å². The summed E-state index contributed by atoms with van der Waals surface area (Å²) in [7, 11) is 1.72. The van der Waals surface area contributed by atoms with Crippen LogP contribution in [-0.4, -0.2) is 42.6 Å². The van der Waals surface area contributed by atoms with Crippen LogP contribution in [0.4, 0.5) is 5.69 Å². The van der Waals surface area contributed by atoms with E-state index >= 15 is 0 Å². The van der Waals surface area contributed by atoms with Crippen molar-refractivity contribution in [2.45, 2.75) is 25.5 Å². The highest BCUT2D eigenvalue weighted by Crippen LogP contribution is 2.19. The molecule has 2 heterocycles. The standard InChI is InChI=1S/C12H20N4O2/c1-18-11-3-6-15(9-11)10-7-12(17)16(14-8-10)5-2-4-13/h7-8,11H,2-6,9,13H2,1H3. The van der Waals surface area contributed by atoms with Crippen molar-refractivity contribution in [3.8, 4) is 0 Å². The van der Waals surface area contributed by atoms with Crippen molar-refractivity contribution < 1.29 is 4.74 Å². The third-order valence-corrected chi connectivity index (χ3v) is 3.27. The smallest absolute Gasteiger partial charge is 0.268 e. The van der Waals surface area contributed by atoms with Crippen LogP contribution in [0, 0.1) is 0 Å². The highest BCUT2D eigenvalue weighted by Gasteiger charge is 2.22. The Kier molecular flexibility index (Phi) is 4.33. The Bertz CT molecular complexity index is 446. The summed E-state index contributed by atoms with van der Waals surface area (Å²) < 4.78 is 6.77. The predicted molar refractivity (Wildman–Crippen MR) is 69.8 cm³/mol. The van der Waals surface area contributed by atoms with E-state index < -0.39 is 0 Å². The maximum Gasteiger partial charge on any atom is 0.268 e. The third kappa shape index (κ3) is 2.88. The first-order valence-corrected chi connectivity index (χ1v) is 6.29. The lowest BCUT2D eigenvalue weighted by atomic mass is 10.3. The average molecular weight is 252 g/mol. The molecule has 0 radical (unpaired) electrons. The number of anilines is 1. The quantitative estimate of drug-likeness (QED) is 0.787. The minimum atomic E-state index is -0.0678. The molecule has 100 valence electrons. The summed E-state index contributed by atoms with van der Waals surface area (Å²) in [6.07, 6.45) is 3.76. The first kappa shape index (κ1) is 13.0. The van der Waals surface area contributed by atoms with E-state index in [1.54, 1.807) is 19.4 Å². The summed E-state index contributed by atoms with van der Waals surface area (Å²) in [5.41, 5.74) is 6.23. The van der Waals surface area contributed by atoms with Crippen molar-refractivity contribution in [3.63, 3.8) is 0 Å². The van der Waals surface area contributed by atoms with Crippen LogP contribution in [0.25, 0.3) is 0 Å². The van der Waals surface area contributed by atoms with Gasteiger partial charge < -0.3 is 15.4 Å².